The Balaban J connectivity index is 1.54. The van der Waals surface area contributed by atoms with E-state index in [0.29, 0.717) is 42.9 Å². The molecule has 1 aliphatic heterocycles. The minimum absolute atomic E-state index is 0.0687. The molecule has 2 aromatic heterocycles. The van der Waals surface area contributed by atoms with Gasteiger partial charge in [0.1, 0.15) is 0 Å². The van der Waals surface area contributed by atoms with Gasteiger partial charge in [-0.1, -0.05) is 18.2 Å². The van der Waals surface area contributed by atoms with Gasteiger partial charge in [0.25, 0.3) is 5.91 Å². The Morgan fingerprint density at radius 1 is 1.14 bits per heavy atom. The number of methoxy groups -OCH3 is 2. The molecule has 2 atom stereocenters. The van der Waals surface area contributed by atoms with Crippen LogP contribution in [0.3, 0.4) is 0 Å². The lowest BCUT2D eigenvalue weighted by atomic mass is 9.97. The molecule has 0 spiro atoms. The topological polar surface area (TPSA) is 90.6 Å². The van der Waals surface area contributed by atoms with Crippen LogP contribution in [-0.2, 0) is 4.74 Å². The van der Waals surface area contributed by atoms with Gasteiger partial charge in [0.05, 0.1) is 25.2 Å². The largest absolute Gasteiger partial charge is 0.481 e. The number of hydrogen-bond acceptors (Lipinski definition) is 7. The highest BCUT2D eigenvalue weighted by Crippen LogP contribution is 2.34. The predicted octanol–water partition coefficient (Wildman–Crippen LogP) is 2.64. The van der Waals surface area contributed by atoms with Gasteiger partial charge >= 0.3 is 0 Å². The summed E-state index contributed by atoms with van der Waals surface area (Å²) in [5.41, 5.74) is 1.38. The van der Waals surface area contributed by atoms with Gasteiger partial charge in [-0.15, -0.1) is 10.2 Å². The molecule has 4 rings (SSSR count). The standard InChI is InChI=1S/C21H22N4O4/c1-27-13-16-11-25(21(26)15-8-9-18(28-2)22-10-15)12-17(16)20-24-23-19(29-20)14-6-4-3-5-7-14/h3-10,16-17H,11-13H2,1-2H3. The number of pyridine rings is 1. The van der Waals surface area contributed by atoms with Gasteiger partial charge in [-0.2, -0.15) is 0 Å². The third-order valence-electron chi connectivity index (χ3n) is 5.08. The number of aromatic nitrogens is 3. The van der Waals surface area contributed by atoms with E-state index in [1.807, 2.05) is 30.3 Å². The fourth-order valence-corrected chi connectivity index (χ4v) is 3.59. The van der Waals surface area contributed by atoms with Crippen LogP contribution in [0.25, 0.3) is 11.5 Å². The minimum atomic E-state index is -0.0912. The predicted molar refractivity (Wildman–Crippen MR) is 105 cm³/mol. The molecule has 0 N–H and O–H groups in total. The second-order valence-electron chi connectivity index (χ2n) is 6.93. The van der Waals surface area contributed by atoms with Gasteiger partial charge in [-0.25, -0.2) is 4.98 Å². The average Bonchev–Trinajstić information content (AvgIpc) is 3.42. The van der Waals surface area contributed by atoms with E-state index in [4.69, 9.17) is 13.9 Å². The van der Waals surface area contributed by atoms with E-state index >= 15 is 0 Å². The van der Waals surface area contributed by atoms with Crippen LogP contribution in [0.5, 0.6) is 5.88 Å². The van der Waals surface area contributed by atoms with Crippen molar-refractivity contribution < 1.29 is 18.7 Å². The number of hydrogen-bond donors (Lipinski definition) is 0. The van der Waals surface area contributed by atoms with Crippen molar-refractivity contribution in [2.45, 2.75) is 5.92 Å². The van der Waals surface area contributed by atoms with Gasteiger partial charge in [-0.05, 0) is 18.2 Å². The van der Waals surface area contributed by atoms with Gasteiger partial charge in [0.2, 0.25) is 17.7 Å². The number of benzene rings is 1. The number of ether oxygens (including phenoxy) is 2. The van der Waals surface area contributed by atoms with Crippen LogP contribution in [0, 0.1) is 5.92 Å². The Morgan fingerprint density at radius 2 is 1.97 bits per heavy atom. The monoisotopic (exact) mass is 394 g/mol. The molecule has 29 heavy (non-hydrogen) atoms. The summed E-state index contributed by atoms with van der Waals surface area (Å²) < 4.78 is 16.4. The minimum Gasteiger partial charge on any atom is -0.481 e. The molecule has 0 aliphatic carbocycles. The molecule has 1 fully saturated rings. The summed E-state index contributed by atoms with van der Waals surface area (Å²) in [6, 6.07) is 13.0. The maximum Gasteiger partial charge on any atom is 0.255 e. The van der Waals surface area contributed by atoms with E-state index in [1.54, 1.807) is 31.3 Å². The number of carbonyl (C=O) groups excluding carboxylic acids is 1. The zero-order valence-electron chi connectivity index (χ0n) is 16.3. The molecule has 0 radical (unpaired) electrons. The summed E-state index contributed by atoms with van der Waals surface area (Å²) in [5.74, 6) is 1.35. The Labute approximate surface area is 168 Å². The lowest BCUT2D eigenvalue weighted by molar-refractivity contribution is 0.0775. The van der Waals surface area contributed by atoms with E-state index in [9.17, 15) is 4.79 Å². The maximum absolute atomic E-state index is 12.9. The fraction of sp³-hybridized carbons (Fsp3) is 0.333. The van der Waals surface area contributed by atoms with Crippen molar-refractivity contribution in [2.24, 2.45) is 5.92 Å². The Hall–Kier alpha value is -3.26. The molecule has 0 bridgehead atoms. The van der Waals surface area contributed by atoms with E-state index in [2.05, 4.69) is 15.2 Å². The van der Waals surface area contributed by atoms with Crippen molar-refractivity contribution in [3.05, 3.63) is 60.1 Å². The number of amides is 1. The van der Waals surface area contributed by atoms with Gasteiger partial charge < -0.3 is 18.8 Å². The van der Waals surface area contributed by atoms with Crippen molar-refractivity contribution in [3.8, 4) is 17.3 Å². The number of rotatable bonds is 6. The van der Waals surface area contributed by atoms with Crippen molar-refractivity contribution >= 4 is 5.91 Å². The van der Waals surface area contributed by atoms with Crippen LogP contribution >= 0.6 is 0 Å². The van der Waals surface area contributed by atoms with Crippen LogP contribution in [0.15, 0.2) is 53.1 Å². The third-order valence-corrected chi connectivity index (χ3v) is 5.08. The lowest BCUT2D eigenvalue weighted by Crippen LogP contribution is -2.29. The molecule has 150 valence electrons. The summed E-state index contributed by atoms with van der Waals surface area (Å²) in [5, 5.41) is 8.45. The lowest BCUT2D eigenvalue weighted by Gasteiger charge is -2.16. The Morgan fingerprint density at radius 3 is 2.66 bits per heavy atom. The van der Waals surface area contributed by atoms with Crippen LogP contribution in [0.4, 0.5) is 0 Å². The molecule has 8 nitrogen and oxygen atoms in total. The van der Waals surface area contributed by atoms with Gasteiger partial charge in [0, 0.05) is 43.9 Å². The highest BCUT2D eigenvalue weighted by Gasteiger charge is 2.39. The second kappa shape index (κ2) is 8.40. The molecular weight excluding hydrogens is 372 g/mol. The van der Waals surface area contributed by atoms with Crippen molar-refractivity contribution in [3.63, 3.8) is 0 Å². The summed E-state index contributed by atoms with van der Waals surface area (Å²) in [7, 11) is 3.19. The first kappa shape index (κ1) is 19.1. The number of likely N-dealkylation sites (tertiary alicyclic amines) is 1. The highest BCUT2D eigenvalue weighted by molar-refractivity contribution is 5.94. The van der Waals surface area contributed by atoms with Crippen molar-refractivity contribution in [1.29, 1.82) is 0 Å². The zero-order valence-corrected chi connectivity index (χ0v) is 16.3. The van der Waals surface area contributed by atoms with Crippen LogP contribution < -0.4 is 4.74 Å². The average molecular weight is 394 g/mol. The molecular formula is C21H22N4O4. The van der Waals surface area contributed by atoms with Gasteiger partial charge in [0.15, 0.2) is 0 Å². The molecule has 1 amide bonds. The van der Waals surface area contributed by atoms with Crippen LogP contribution in [0.1, 0.15) is 22.2 Å². The van der Waals surface area contributed by atoms with E-state index < -0.39 is 0 Å². The first-order valence-corrected chi connectivity index (χ1v) is 9.36. The first-order chi connectivity index (χ1) is 14.2. The zero-order chi connectivity index (χ0) is 20.2. The molecule has 8 heteroatoms. The Bertz CT molecular complexity index is 958. The van der Waals surface area contributed by atoms with Crippen molar-refractivity contribution in [1.82, 2.24) is 20.1 Å². The maximum atomic E-state index is 12.9. The number of nitrogens with zero attached hydrogens (tertiary/aromatic N) is 4. The molecule has 1 aromatic carbocycles. The van der Waals surface area contributed by atoms with Gasteiger partial charge in [-0.3, -0.25) is 4.79 Å². The highest BCUT2D eigenvalue weighted by atomic mass is 16.5. The molecule has 3 aromatic rings. The van der Waals surface area contributed by atoms with Crippen LogP contribution in [0.2, 0.25) is 0 Å². The van der Waals surface area contributed by atoms with E-state index in [-0.39, 0.29) is 17.7 Å². The number of carbonyl (C=O) groups is 1. The third kappa shape index (κ3) is 3.97. The summed E-state index contributed by atoms with van der Waals surface area (Å²) in [6.07, 6.45) is 1.53. The second-order valence-corrected chi connectivity index (χ2v) is 6.93. The fourth-order valence-electron chi connectivity index (χ4n) is 3.59. The summed E-state index contributed by atoms with van der Waals surface area (Å²) in [6.45, 7) is 1.53. The summed E-state index contributed by atoms with van der Waals surface area (Å²) in [4.78, 5) is 18.8. The Kier molecular flexibility index (Phi) is 5.53. The SMILES string of the molecule is COCC1CN(C(=O)c2ccc(OC)nc2)CC1c1nnc(-c2ccccc2)o1. The molecule has 3 heterocycles. The molecule has 0 saturated carbocycles. The first-order valence-electron chi connectivity index (χ1n) is 9.36. The molecule has 1 saturated heterocycles. The van der Waals surface area contributed by atoms with E-state index in [0.717, 1.165) is 5.56 Å². The van der Waals surface area contributed by atoms with Crippen molar-refractivity contribution in [2.75, 3.05) is 33.9 Å². The van der Waals surface area contributed by atoms with E-state index in [1.165, 1.54) is 6.20 Å². The molecule has 2 unspecified atom stereocenters. The smallest absolute Gasteiger partial charge is 0.255 e. The molecule has 1 aliphatic rings. The summed E-state index contributed by atoms with van der Waals surface area (Å²) >= 11 is 0. The quantitative estimate of drug-likeness (QED) is 0.635. The van der Waals surface area contributed by atoms with Crippen LogP contribution in [-0.4, -0.2) is 59.9 Å². The normalized spacial score (nSPS) is 18.8.